The van der Waals surface area contributed by atoms with Gasteiger partial charge in [0, 0.05) is 30.8 Å². The lowest BCUT2D eigenvalue weighted by Crippen LogP contribution is -2.34. The van der Waals surface area contributed by atoms with Crippen LogP contribution in [-0.2, 0) is 22.4 Å². The van der Waals surface area contributed by atoms with Crippen molar-refractivity contribution in [3.8, 4) is 5.75 Å². The van der Waals surface area contributed by atoms with Gasteiger partial charge >= 0.3 is 0 Å². The van der Waals surface area contributed by atoms with Crippen LogP contribution in [0.4, 0.5) is 11.4 Å². The molecule has 0 aliphatic carbocycles. The molecule has 0 spiro atoms. The third kappa shape index (κ3) is 4.04. The summed E-state index contributed by atoms with van der Waals surface area (Å²) in [5, 5.41) is 2.96. The maximum absolute atomic E-state index is 12.2. The van der Waals surface area contributed by atoms with Gasteiger partial charge in [0.25, 0.3) is 0 Å². The van der Waals surface area contributed by atoms with E-state index in [1.807, 2.05) is 49.4 Å². The molecule has 0 atom stereocenters. The maximum atomic E-state index is 12.2. The van der Waals surface area contributed by atoms with E-state index in [4.69, 9.17) is 4.74 Å². The number of amides is 2. The lowest BCUT2D eigenvalue weighted by molar-refractivity contribution is -0.119. The Morgan fingerprint density at radius 2 is 1.92 bits per heavy atom. The molecule has 0 unspecified atom stereocenters. The lowest BCUT2D eigenvalue weighted by atomic mass is 10.0. The van der Waals surface area contributed by atoms with Gasteiger partial charge in [-0.25, -0.2) is 0 Å². The van der Waals surface area contributed by atoms with Gasteiger partial charge in [-0.15, -0.1) is 0 Å². The average molecular weight is 352 g/mol. The maximum Gasteiger partial charge on any atom is 0.227 e. The summed E-state index contributed by atoms with van der Waals surface area (Å²) in [7, 11) is 1.64. The summed E-state index contributed by atoms with van der Waals surface area (Å²) in [4.78, 5) is 26.0. The van der Waals surface area contributed by atoms with Crippen molar-refractivity contribution in [2.45, 2.75) is 32.6 Å². The van der Waals surface area contributed by atoms with Gasteiger partial charge in [-0.1, -0.05) is 12.1 Å². The van der Waals surface area contributed by atoms with Gasteiger partial charge < -0.3 is 15.0 Å². The Morgan fingerprint density at radius 1 is 1.15 bits per heavy atom. The Bertz CT molecular complexity index is 799. The summed E-state index contributed by atoms with van der Waals surface area (Å²) >= 11 is 0. The van der Waals surface area contributed by atoms with E-state index in [1.54, 1.807) is 12.0 Å². The van der Waals surface area contributed by atoms with Crippen molar-refractivity contribution in [2.24, 2.45) is 0 Å². The van der Waals surface area contributed by atoms with E-state index in [-0.39, 0.29) is 11.8 Å². The number of fused-ring (bicyclic) bond motifs is 1. The number of carbonyl (C=O) groups excluding carboxylic acids is 2. The second-order valence-electron chi connectivity index (χ2n) is 6.38. The molecule has 1 aliphatic rings. The minimum atomic E-state index is -0.0139. The monoisotopic (exact) mass is 352 g/mol. The van der Waals surface area contributed by atoms with Gasteiger partial charge in [0.15, 0.2) is 0 Å². The van der Waals surface area contributed by atoms with Crippen LogP contribution in [-0.4, -0.2) is 25.5 Å². The number of benzene rings is 2. The summed E-state index contributed by atoms with van der Waals surface area (Å²) in [6.45, 7) is 2.64. The minimum absolute atomic E-state index is 0.0139. The van der Waals surface area contributed by atoms with Gasteiger partial charge in [0.05, 0.1) is 7.11 Å². The van der Waals surface area contributed by atoms with Crippen molar-refractivity contribution in [2.75, 3.05) is 23.9 Å². The molecule has 0 bridgehead atoms. The van der Waals surface area contributed by atoms with Crippen molar-refractivity contribution in [1.29, 1.82) is 0 Å². The van der Waals surface area contributed by atoms with Gasteiger partial charge in [-0.2, -0.15) is 0 Å². The van der Waals surface area contributed by atoms with Crippen LogP contribution >= 0.6 is 0 Å². The number of hydrogen-bond donors (Lipinski definition) is 1. The zero-order valence-corrected chi connectivity index (χ0v) is 15.2. The van der Waals surface area contributed by atoms with Crippen LogP contribution in [0.15, 0.2) is 42.5 Å². The highest BCUT2D eigenvalue weighted by atomic mass is 16.5. The second kappa shape index (κ2) is 8.04. The fourth-order valence-electron chi connectivity index (χ4n) is 3.26. The van der Waals surface area contributed by atoms with Crippen LogP contribution in [0.2, 0.25) is 0 Å². The summed E-state index contributed by atoms with van der Waals surface area (Å²) in [5.74, 6) is 0.961. The number of aryl methyl sites for hydroxylation is 2. The molecule has 0 fully saturated rings. The van der Waals surface area contributed by atoms with E-state index in [1.165, 1.54) is 0 Å². The van der Waals surface area contributed by atoms with Gasteiger partial charge in [-0.3, -0.25) is 9.59 Å². The molecule has 0 saturated carbocycles. The Morgan fingerprint density at radius 3 is 2.62 bits per heavy atom. The molecule has 0 radical (unpaired) electrons. The number of anilines is 2. The van der Waals surface area contributed by atoms with Crippen LogP contribution in [0.5, 0.6) is 5.75 Å². The predicted octanol–water partition coefficient (Wildman–Crippen LogP) is 3.57. The third-order valence-corrected chi connectivity index (χ3v) is 4.68. The molecule has 1 aliphatic heterocycles. The molecular formula is C21H24N2O3. The summed E-state index contributed by atoms with van der Waals surface area (Å²) in [5.41, 5.74) is 3.96. The molecule has 0 aromatic heterocycles. The number of nitrogens with one attached hydrogen (secondary N) is 1. The van der Waals surface area contributed by atoms with Crippen LogP contribution in [0.1, 0.15) is 30.9 Å². The first-order chi connectivity index (χ1) is 12.6. The molecule has 2 aromatic rings. The summed E-state index contributed by atoms with van der Waals surface area (Å²) in [6, 6.07) is 13.5. The van der Waals surface area contributed by atoms with E-state index < -0.39 is 0 Å². The highest BCUT2D eigenvalue weighted by Gasteiger charge is 2.22. The Kier molecular flexibility index (Phi) is 5.56. The number of methoxy groups -OCH3 is 1. The first-order valence-corrected chi connectivity index (χ1v) is 8.96. The number of ether oxygens (including phenoxy) is 1. The number of rotatable bonds is 6. The van der Waals surface area contributed by atoms with Crippen LogP contribution in [0.3, 0.4) is 0 Å². The third-order valence-electron chi connectivity index (χ3n) is 4.68. The van der Waals surface area contributed by atoms with E-state index in [0.717, 1.165) is 34.7 Å². The second-order valence-corrected chi connectivity index (χ2v) is 6.38. The lowest BCUT2D eigenvalue weighted by Gasteiger charge is -2.28. The van der Waals surface area contributed by atoms with E-state index in [9.17, 15) is 9.59 Å². The van der Waals surface area contributed by atoms with Crippen molar-refractivity contribution in [3.05, 3.63) is 53.6 Å². The summed E-state index contributed by atoms with van der Waals surface area (Å²) in [6.07, 6.45) is 2.35. The molecule has 3 rings (SSSR count). The van der Waals surface area contributed by atoms with Crippen molar-refractivity contribution >= 4 is 23.2 Å². The largest absolute Gasteiger partial charge is 0.497 e. The Hall–Kier alpha value is -2.82. The van der Waals surface area contributed by atoms with E-state index in [2.05, 4.69) is 5.32 Å². The molecule has 1 N–H and O–H groups in total. The molecule has 136 valence electrons. The molecular weight excluding hydrogens is 328 g/mol. The zero-order chi connectivity index (χ0) is 18.5. The van der Waals surface area contributed by atoms with Crippen molar-refractivity contribution < 1.29 is 14.3 Å². The van der Waals surface area contributed by atoms with Gasteiger partial charge in [0.1, 0.15) is 5.75 Å². The van der Waals surface area contributed by atoms with Crippen LogP contribution in [0.25, 0.3) is 0 Å². The van der Waals surface area contributed by atoms with Crippen molar-refractivity contribution in [3.63, 3.8) is 0 Å². The molecule has 1 heterocycles. The highest BCUT2D eigenvalue weighted by molar-refractivity contribution is 5.97. The van der Waals surface area contributed by atoms with Gasteiger partial charge in [-0.05, 0) is 61.2 Å². The average Bonchev–Trinajstić information content (AvgIpc) is 2.67. The van der Waals surface area contributed by atoms with Gasteiger partial charge in [0.2, 0.25) is 11.8 Å². The number of hydrogen-bond acceptors (Lipinski definition) is 3. The summed E-state index contributed by atoms with van der Waals surface area (Å²) < 4.78 is 5.14. The molecule has 2 aromatic carbocycles. The Balaban J connectivity index is 1.60. The molecule has 2 amide bonds. The molecule has 5 heteroatoms. The van der Waals surface area contributed by atoms with E-state index >= 15 is 0 Å². The number of carbonyl (C=O) groups is 2. The fourth-order valence-corrected chi connectivity index (χ4v) is 3.26. The van der Waals surface area contributed by atoms with Crippen LogP contribution in [0, 0.1) is 0 Å². The number of nitrogens with zero attached hydrogens (tertiary/aromatic N) is 1. The Labute approximate surface area is 154 Å². The SMILES string of the molecule is CCN1C(=O)CCc2cc(NC(=O)CCc3ccc(OC)cc3)ccc21. The molecule has 0 saturated heterocycles. The highest BCUT2D eigenvalue weighted by Crippen LogP contribution is 2.30. The van der Waals surface area contributed by atoms with E-state index in [0.29, 0.717) is 25.8 Å². The minimum Gasteiger partial charge on any atom is -0.497 e. The molecule has 5 nitrogen and oxygen atoms in total. The first-order valence-electron chi connectivity index (χ1n) is 8.96. The smallest absolute Gasteiger partial charge is 0.227 e. The topological polar surface area (TPSA) is 58.6 Å². The normalized spacial score (nSPS) is 13.3. The first kappa shape index (κ1) is 18.0. The predicted molar refractivity (Wildman–Crippen MR) is 103 cm³/mol. The standard InChI is InChI=1S/C21H24N2O3/c1-3-23-19-11-8-17(14-16(19)7-13-21(23)25)22-20(24)12-6-15-4-9-18(26-2)10-5-15/h4-5,8-11,14H,3,6-7,12-13H2,1-2H3,(H,22,24). The quantitative estimate of drug-likeness (QED) is 0.865. The molecule has 26 heavy (non-hydrogen) atoms. The van der Waals surface area contributed by atoms with Crippen molar-refractivity contribution in [1.82, 2.24) is 0 Å². The van der Waals surface area contributed by atoms with Crippen LogP contribution < -0.4 is 15.0 Å². The fraction of sp³-hybridized carbons (Fsp3) is 0.333. The zero-order valence-electron chi connectivity index (χ0n) is 15.2.